The molecule has 1 fully saturated rings. The zero-order valence-electron chi connectivity index (χ0n) is 20.8. The maximum absolute atomic E-state index is 14.5. The van der Waals surface area contributed by atoms with Crippen LogP contribution in [0.1, 0.15) is 37.5 Å². The van der Waals surface area contributed by atoms with Gasteiger partial charge in [-0.2, -0.15) is 0 Å². The summed E-state index contributed by atoms with van der Waals surface area (Å²) in [4.78, 5) is 39.5. The summed E-state index contributed by atoms with van der Waals surface area (Å²) < 4.78 is 16.2. The monoisotopic (exact) mass is 514 g/mol. The van der Waals surface area contributed by atoms with E-state index in [1.807, 2.05) is 41.7 Å². The van der Waals surface area contributed by atoms with Gasteiger partial charge in [0.25, 0.3) is 11.8 Å². The Balaban J connectivity index is 1.79. The Hall–Kier alpha value is -4.50. The molecule has 194 valence electrons. The minimum atomic E-state index is -1.47. The van der Waals surface area contributed by atoms with E-state index in [2.05, 4.69) is 5.32 Å². The van der Waals surface area contributed by atoms with Gasteiger partial charge in [0.05, 0.1) is 11.1 Å². The van der Waals surface area contributed by atoms with E-state index in [1.165, 1.54) is 18.3 Å². The molecule has 5 rings (SSSR count). The first-order valence-corrected chi connectivity index (χ1v) is 12.4. The second kappa shape index (κ2) is 10.5. The standard InChI is InChI=1S/C29H27FN4O4/c1-18-20(8-5-9-23(18)30)16-22-25(19-6-3-2-4-7-19)24-11-10-21(27(35)32-29(37)38)17-34(24)26(22)28(36)33-14-12-31-13-15-33/h2-11,17,31H,12-16H2,1H3,(H,32,35)(H,37,38). The van der Waals surface area contributed by atoms with E-state index in [0.29, 0.717) is 54.9 Å². The maximum atomic E-state index is 14.5. The van der Waals surface area contributed by atoms with Gasteiger partial charge >= 0.3 is 6.09 Å². The van der Waals surface area contributed by atoms with Crippen molar-refractivity contribution in [3.05, 3.63) is 101 Å². The van der Waals surface area contributed by atoms with Gasteiger partial charge in [0.15, 0.2) is 0 Å². The Kier molecular flexibility index (Phi) is 6.93. The molecule has 0 aliphatic carbocycles. The normalized spacial score (nSPS) is 13.5. The van der Waals surface area contributed by atoms with Crippen LogP contribution in [0.3, 0.4) is 0 Å². The van der Waals surface area contributed by atoms with Gasteiger partial charge in [-0.05, 0) is 47.4 Å². The smallest absolute Gasteiger partial charge is 0.411 e. The molecule has 0 unspecified atom stereocenters. The molecule has 2 aromatic carbocycles. The first-order chi connectivity index (χ1) is 18.3. The van der Waals surface area contributed by atoms with Gasteiger partial charge in [0.1, 0.15) is 11.5 Å². The molecule has 4 aromatic rings. The molecule has 2 aromatic heterocycles. The van der Waals surface area contributed by atoms with Crippen LogP contribution in [0, 0.1) is 12.7 Å². The number of pyridine rings is 1. The molecule has 0 saturated carbocycles. The number of hydrogen-bond acceptors (Lipinski definition) is 4. The molecule has 3 amide bonds. The van der Waals surface area contributed by atoms with E-state index < -0.39 is 12.0 Å². The lowest BCUT2D eigenvalue weighted by atomic mass is 9.93. The molecule has 0 atom stereocenters. The van der Waals surface area contributed by atoms with Crippen LogP contribution in [0.25, 0.3) is 16.6 Å². The van der Waals surface area contributed by atoms with Crippen molar-refractivity contribution >= 4 is 23.4 Å². The van der Waals surface area contributed by atoms with Crippen molar-refractivity contribution in [1.29, 1.82) is 0 Å². The van der Waals surface area contributed by atoms with Gasteiger partial charge in [0.2, 0.25) is 0 Å². The quantitative estimate of drug-likeness (QED) is 0.372. The zero-order valence-corrected chi connectivity index (χ0v) is 20.8. The highest BCUT2D eigenvalue weighted by Crippen LogP contribution is 2.36. The first kappa shape index (κ1) is 25.2. The topological polar surface area (TPSA) is 103 Å². The predicted molar refractivity (Wildman–Crippen MR) is 141 cm³/mol. The predicted octanol–water partition coefficient (Wildman–Crippen LogP) is 4.10. The fourth-order valence-corrected chi connectivity index (χ4v) is 4.99. The number of fused-ring (bicyclic) bond motifs is 1. The number of nitrogens with one attached hydrogen (secondary N) is 2. The van der Waals surface area contributed by atoms with Crippen LogP contribution in [-0.2, 0) is 6.42 Å². The molecule has 1 aliphatic heterocycles. The maximum Gasteiger partial charge on any atom is 0.411 e. The lowest BCUT2D eigenvalue weighted by Crippen LogP contribution is -2.46. The number of amides is 3. The summed E-state index contributed by atoms with van der Waals surface area (Å²) >= 11 is 0. The number of rotatable bonds is 5. The highest BCUT2D eigenvalue weighted by Gasteiger charge is 2.29. The van der Waals surface area contributed by atoms with Crippen molar-refractivity contribution in [2.75, 3.05) is 26.2 Å². The summed E-state index contributed by atoms with van der Waals surface area (Å²) in [5.41, 5.74) is 4.79. The number of hydrogen-bond donors (Lipinski definition) is 3. The number of aromatic nitrogens is 1. The summed E-state index contributed by atoms with van der Waals surface area (Å²) in [6.07, 6.45) is 0.323. The number of halogens is 1. The second-order valence-electron chi connectivity index (χ2n) is 9.24. The number of carbonyl (C=O) groups excluding carboxylic acids is 2. The SMILES string of the molecule is Cc1c(F)cccc1Cc1c(-c2ccccc2)c2ccc(C(=O)NC(=O)O)cn2c1C(=O)N1CCNCC1. The second-order valence-corrected chi connectivity index (χ2v) is 9.24. The summed E-state index contributed by atoms with van der Waals surface area (Å²) in [5, 5.41) is 14.2. The van der Waals surface area contributed by atoms with Crippen molar-refractivity contribution in [1.82, 2.24) is 19.9 Å². The minimum absolute atomic E-state index is 0.0948. The molecule has 3 N–H and O–H groups in total. The van der Waals surface area contributed by atoms with Crippen molar-refractivity contribution in [3.63, 3.8) is 0 Å². The van der Waals surface area contributed by atoms with E-state index in [0.717, 1.165) is 16.7 Å². The number of carbonyl (C=O) groups is 3. The Morgan fingerprint density at radius 2 is 1.74 bits per heavy atom. The van der Waals surface area contributed by atoms with Crippen molar-refractivity contribution in [2.45, 2.75) is 13.3 Å². The summed E-state index contributed by atoms with van der Waals surface area (Å²) in [7, 11) is 0. The van der Waals surface area contributed by atoms with Crippen LogP contribution in [0.4, 0.5) is 9.18 Å². The van der Waals surface area contributed by atoms with Crippen molar-refractivity contribution in [2.24, 2.45) is 0 Å². The van der Waals surface area contributed by atoms with Gasteiger partial charge < -0.3 is 19.7 Å². The van der Waals surface area contributed by atoms with Crippen LogP contribution in [0.15, 0.2) is 66.9 Å². The number of carboxylic acid groups (broad SMARTS) is 1. The molecule has 0 bridgehead atoms. The molecule has 3 heterocycles. The van der Waals surface area contributed by atoms with E-state index in [1.54, 1.807) is 28.4 Å². The van der Waals surface area contributed by atoms with Crippen molar-refractivity contribution in [3.8, 4) is 11.1 Å². The summed E-state index contributed by atoms with van der Waals surface area (Å²) in [6.45, 7) is 4.07. The molecule has 9 heteroatoms. The van der Waals surface area contributed by atoms with Gasteiger partial charge in [-0.3, -0.25) is 14.9 Å². The first-order valence-electron chi connectivity index (χ1n) is 12.4. The van der Waals surface area contributed by atoms with E-state index in [9.17, 15) is 18.8 Å². The number of piperazine rings is 1. The average molecular weight is 515 g/mol. The van der Waals surface area contributed by atoms with Crippen molar-refractivity contribution < 1.29 is 23.9 Å². The van der Waals surface area contributed by atoms with Crippen LogP contribution < -0.4 is 10.6 Å². The largest absolute Gasteiger partial charge is 0.465 e. The molecular weight excluding hydrogens is 487 g/mol. The highest BCUT2D eigenvalue weighted by molar-refractivity contribution is 6.04. The van der Waals surface area contributed by atoms with Gasteiger partial charge in [-0.25, -0.2) is 9.18 Å². The van der Waals surface area contributed by atoms with E-state index in [-0.39, 0.29) is 17.3 Å². The van der Waals surface area contributed by atoms with E-state index in [4.69, 9.17) is 5.11 Å². The molecule has 1 aliphatic rings. The Morgan fingerprint density at radius 1 is 1.00 bits per heavy atom. The van der Waals surface area contributed by atoms with Crippen LogP contribution in [0.5, 0.6) is 0 Å². The molecule has 38 heavy (non-hydrogen) atoms. The van der Waals surface area contributed by atoms with E-state index >= 15 is 0 Å². The van der Waals surface area contributed by atoms with Crippen LogP contribution in [0.2, 0.25) is 0 Å². The van der Waals surface area contributed by atoms with Crippen LogP contribution >= 0.6 is 0 Å². The third-order valence-corrected chi connectivity index (χ3v) is 6.93. The fourth-order valence-electron chi connectivity index (χ4n) is 4.99. The lowest BCUT2D eigenvalue weighted by molar-refractivity contribution is 0.0727. The Morgan fingerprint density at radius 3 is 2.45 bits per heavy atom. The number of nitrogens with zero attached hydrogens (tertiary/aromatic N) is 2. The summed E-state index contributed by atoms with van der Waals surface area (Å²) in [6, 6.07) is 17.8. The number of imide groups is 1. The number of benzene rings is 2. The lowest BCUT2D eigenvalue weighted by Gasteiger charge is -2.28. The molecule has 8 nitrogen and oxygen atoms in total. The van der Waals surface area contributed by atoms with Gasteiger partial charge in [-0.1, -0.05) is 42.5 Å². The molecule has 0 spiro atoms. The minimum Gasteiger partial charge on any atom is -0.465 e. The third-order valence-electron chi connectivity index (χ3n) is 6.93. The molecule has 0 radical (unpaired) electrons. The van der Waals surface area contributed by atoms with Gasteiger partial charge in [-0.15, -0.1) is 0 Å². The zero-order chi connectivity index (χ0) is 26.8. The summed E-state index contributed by atoms with van der Waals surface area (Å²) in [5.74, 6) is -1.32. The fraction of sp³-hybridized carbons (Fsp3) is 0.207. The van der Waals surface area contributed by atoms with Gasteiger partial charge in [0, 0.05) is 44.4 Å². The Labute approximate surface area is 218 Å². The van der Waals surface area contributed by atoms with Crippen LogP contribution in [-0.4, -0.2) is 58.5 Å². The average Bonchev–Trinajstić information content (AvgIpc) is 3.24. The Bertz CT molecular complexity index is 1540. The highest BCUT2D eigenvalue weighted by atomic mass is 19.1. The third kappa shape index (κ3) is 4.76. The molecule has 1 saturated heterocycles. The molecular formula is C29H27FN4O4.